The van der Waals surface area contributed by atoms with Crippen LogP contribution in [0.25, 0.3) is 0 Å². The average Bonchev–Trinajstić information content (AvgIpc) is 2.37. The quantitative estimate of drug-likeness (QED) is 0.885. The third-order valence-electron chi connectivity index (χ3n) is 2.89. The number of aromatic nitrogens is 2. The fourth-order valence-corrected chi connectivity index (χ4v) is 2.50. The summed E-state index contributed by atoms with van der Waals surface area (Å²) in [6.45, 7) is 6.01. The zero-order valence-corrected chi connectivity index (χ0v) is 13.7. The van der Waals surface area contributed by atoms with Crippen molar-refractivity contribution in [3.8, 4) is 11.6 Å². The lowest BCUT2D eigenvalue weighted by Gasteiger charge is -2.14. The van der Waals surface area contributed by atoms with Crippen LogP contribution in [0.1, 0.15) is 30.9 Å². The summed E-state index contributed by atoms with van der Waals surface area (Å²) in [5.74, 6) is 1.15. The molecule has 0 aliphatic carbocycles. The molecule has 20 heavy (non-hydrogen) atoms. The highest BCUT2D eigenvalue weighted by molar-refractivity contribution is 9.10. The molecule has 4 nitrogen and oxygen atoms in total. The maximum Gasteiger partial charge on any atom is 0.268 e. The van der Waals surface area contributed by atoms with E-state index in [-0.39, 0.29) is 21.8 Å². The lowest BCUT2D eigenvalue weighted by atomic mass is 10.0. The fourth-order valence-electron chi connectivity index (χ4n) is 1.76. The third kappa shape index (κ3) is 3.04. The van der Waals surface area contributed by atoms with Crippen LogP contribution in [0.5, 0.6) is 11.6 Å². The normalized spacial score (nSPS) is 10.9. The molecule has 0 saturated carbocycles. The number of aromatic amines is 1. The topological polar surface area (TPSA) is 55.0 Å². The number of nitrogens with one attached hydrogen (secondary N) is 1. The Balaban J connectivity index is 2.46. The van der Waals surface area contributed by atoms with Gasteiger partial charge in [-0.2, -0.15) is 0 Å². The van der Waals surface area contributed by atoms with Crippen LogP contribution >= 0.6 is 27.5 Å². The Hall–Kier alpha value is -1.33. The first kappa shape index (κ1) is 15.1. The van der Waals surface area contributed by atoms with E-state index in [9.17, 15) is 4.79 Å². The molecule has 0 unspecified atom stereocenters. The van der Waals surface area contributed by atoms with Gasteiger partial charge in [0.2, 0.25) is 5.88 Å². The highest BCUT2D eigenvalue weighted by Gasteiger charge is 2.13. The van der Waals surface area contributed by atoms with Crippen LogP contribution in [0.3, 0.4) is 0 Å². The van der Waals surface area contributed by atoms with Gasteiger partial charge in [-0.05, 0) is 52.0 Å². The highest BCUT2D eigenvalue weighted by Crippen LogP contribution is 2.34. The fraction of sp³-hybridized carbons (Fsp3) is 0.286. The molecule has 0 spiro atoms. The Morgan fingerprint density at radius 3 is 2.75 bits per heavy atom. The van der Waals surface area contributed by atoms with Crippen molar-refractivity contribution in [1.82, 2.24) is 9.97 Å². The molecule has 1 N–H and O–H groups in total. The van der Waals surface area contributed by atoms with E-state index >= 15 is 0 Å². The third-order valence-corrected chi connectivity index (χ3v) is 3.91. The molecule has 0 atom stereocenters. The Morgan fingerprint density at radius 2 is 2.10 bits per heavy atom. The van der Waals surface area contributed by atoms with Gasteiger partial charge in [0.15, 0.2) is 0 Å². The molecular weight excluding hydrogens is 344 g/mol. The van der Waals surface area contributed by atoms with Crippen LogP contribution in [0, 0.1) is 6.92 Å². The first-order valence-corrected chi connectivity index (χ1v) is 7.28. The van der Waals surface area contributed by atoms with Gasteiger partial charge in [0.25, 0.3) is 5.56 Å². The molecule has 0 aliphatic heterocycles. The Bertz CT molecular complexity index is 698. The molecule has 0 bridgehead atoms. The van der Waals surface area contributed by atoms with Gasteiger partial charge in [-0.15, -0.1) is 0 Å². The molecule has 6 heteroatoms. The van der Waals surface area contributed by atoms with E-state index in [0.717, 1.165) is 11.1 Å². The van der Waals surface area contributed by atoms with E-state index < -0.39 is 0 Å². The molecule has 2 rings (SSSR count). The van der Waals surface area contributed by atoms with Crippen LogP contribution in [0.15, 0.2) is 27.7 Å². The van der Waals surface area contributed by atoms with Gasteiger partial charge < -0.3 is 9.72 Å². The van der Waals surface area contributed by atoms with Crippen molar-refractivity contribution < 1.29 is 4.74 Å². The molecule has 0 aliphatic rings. The summed E-state index contributed by atoms with van der Waals surface area (Å²) in [6, 6.07) is 3.74. The van der Waals surface area contributed by atoms with Crippen molar-refractivity contribution >= 4 is 27.5 Å². The Labute approximate surface area is 130 Å². The van der Waals surface area contributed by atoms with Gasteiger partial charge in [0.1, 0.15) is 10.2 Å². The predicted octanol–water partition coefficient (Wildman–Crippen LogP) is 4.41. The average molecular weight is 358 g/mol. The zero-order chi connectivity index (χ0) is 14.9. The van der Waals surface area contributed by atoms with Crippen LogP contribution in [0.2, 0.25) is 5.02 Å². The smallest absolute Gasteiger partial charge is 0.268 e. The molecule has 1 heterocycles. The van der Waals surface area contributed by atoms with Gasteiger partial charge in [0.05, 0.1) is 6.33 Å². The molecule has 1 aromatic heterocycles. The number of aryl methyl sites for hydroxylation is 1. The van der Waals surface area contributed by atoms with Crippen LogP contribution in [-0.2, 0) is 0 Å². The van der Waals surface area contributed by atoms with E-state index in [0.29, 0.717) is 10.8 Å². The number of hydrogen-bond acceptors (Lipinski definition) is 3. The summed E-state index contributed by atoms with van der Waals surface area (Å²) in [7, 11) is 0. The van der Waals surface area contributed by atoms with Crippen molar-refractivity contribution in [1.29, 1.82) is 0 Å². The number of H-pyrrole nitrogens is 1. The maximum atomic E-state index is 11.5. The first-order valence-electron chi connectivity index (χ1n) is 6.11. The van der Waals surface area contributed by atoms with Gasteiger partial charge in [-0.25, -0.2) is 4.98 Å². The van der Waals surface area contributed by atoms with E-state index in [1.807, 2.05) is 19.1 Å². The first-order chi connectivity index (χ1) is 9.40. The number of hydrogen-bond donors (Lipinski definition) is 1. The van der Waals surface area contributed by atoms with Crippen LogP contribution in [0.4, 0.5) is 0 Å². The van der Waals surface area contributed by atoms with Crippen molar-refractivity contribution in [2.24, 2.45) is 0 Å². The second-order valence-electron chi connectivity index (χ2n) is 4.75. The van der Waals surface area contributed by atoms with E-state index in [1.54, 1.807) is 0 Å². The van der Waals surface area contributed by atoms with Gasteiger partial charge in [0, 0.05) is 5.02 Å². The SMILES string of the molecule is Cc1cc(Cl)c(C(C)C)cc1Oc1nc[nH]c(=O)c1Br. The number of ether oxygens (including phenoxy) is 1. The largest absolute Gasteiger partial charge is 0.437 e. The van der Waals surface area contributed by atoms with Crippen molar-refractivity contribution in [2.45, 2.75) is 26.7 Å². The molecule has 0 amide bonds. The minimum Gasteiger partial charge on any atom is -0.437 e. The second-order valence-corrected chi connectivity index (χ2v) is 5.95. The van der Waals surface area contributed by atoms with Gasteiger partial charge >= 0.3 is 0 Å². The molecule has 1 aromatic carbocycles. The molecule has 0 saturated heterocycles. The number of halogens is 2. The molecule has 0 fully saturated rings. The maximum absolute atomic E-state index is 11.5. The summed E-state index contributed by atoms with van der Waals surface area (Å²) < 4.78 is 5.99. The zero-order valence-electron chi connectivity index (χ0n) is 11.3. The standard InChI is InChI=1S/C14H14BrClN2O2/c1-7(2)9-5-11(8(3)4-10(9)16)20-14-12(15)13(19)17-6-18-14/h4-7H,1-3H3,(H,17,18,19). The molecule has 0 radical (unpaired) electrons. The number of rotatable bonds is 3. The molecule has 2 aromatic rings. The van der Waals surface area contributed by atoms with E-state index in [1.165, 1.54) is 6.33 Å². The summed E-state index contributed by atoms with van der Waals surface area (Å²) in [6.07, 6.45) is 1.30. The minimum absolute atomic E-state index is 0.230. The second kappa shape index (κ2) is 5.97. The van der Waals surface area contributed by atoms with Crippen molar-refractivity contribution in [3.63, 3.8) is 0 Å². The lowest BCUT2D eigenvalue weighted by molar-refractivity contribution is 0.452. The van der Waals surface area contributed by atoms with Gasteiger partial charge in [-0.1, -0.05) is 25.4 Å². The van der Waals surface area contributed by atoms with Crippen LogP contribution < -0.4 is 10.3 Å². The van der Waals surface area contributed by atoms with Crippen molar-refractivity contribution in [3.05, 3.63) is 49.4 Å². The Morgan fingerprint density at radius 1 is 1.40 bits per heavy atom. The molecular formula is C14H14BrClN2O2. The Kier molecular flexibility index (Phi) is 4.50. The molecule has 106 valence electrons. The minimum atomic E-state index is -0.286. The summed E-state index contributed by atoms with van der Waals surface area (Å²) in [5.41, 5.74) is 1.59. The lowest BCUT2D eigenvalue weighted by Crippen LogP contribution is -2.08. The summed E-state index contributed by atoms with van der Waals surface area (Å²) in [4.78, 5) is 18.0. The van der Waals surface area contributed by atoms with Crippen LogP contribution in [-0.4, -0.2) is 9.97 Å². The van der Waals surface area contributed by atoms with E-state index in [2.05, 4.69) is 39.7 Å². The van der Waals surface area contributed by atoms with Gasteiger partial charge in [-0.3, -0.25) is 4.79 Å². The summed E-state index contributed by atoms with van der Waals surface area (Å²) in [5, 5.41) is 0.711. The predicted molar refractivity (Wildman–Crippen MR) is 82.9 cm³/mol. The van der Waals surface area contributed by atoms with Crippen molar-refractivity contribution in [2.75, 3.05) is 0 Å². The highest BCUT2D eigenvalue weighted by atomic mass is 79.9. The number of nitrogens with zero attached hydrogens (tertiary/aromatic N) is 1. The number of benzene rings is 1. The van der Waals surface area contributed by atoms with E-state index in [4.69, 9.17) is 16.3 Å². The monoisotopic (exact) mass is 356 g/mol. The summed E-state index contributed by atoms with van der Waals surface area (Å²) >= 11 is 9.39.